The van der Waals surface area contributed by atoms with Gasteiger partial charge < -0.3 is 10.1 Å². The Bertz CT molecular complexity index is 925. The highest BCUT2D eigenvalue weighted by Crippen LogP contribution is 2.29. The first kappa shape index (κ1) is 17.6. The SMILES string of the molecule is Cc1ccc2ccccc2c1OC(=O)NCCc1ccc(Cl)c(Cl)c1. The Morgan fingerprint density at radius 3 is 2.64 bits per heavy atom. The van der Waals surface area contributed by atoms with Gasteiger partial charge in [-0.2, -0.15) is 0 Å². The van der Waals surface area contributed by atoms with Crippen LogP contribution >= 0.6 is 23.2 Å². The molecule has 0 radical (unpaired) electrons. The number of benzene rings is 3. The molecule has 1 amide bonds. The first-order valence-corrected chi connectivity index (χ1v) is 8.68. The lowest BCUT2D eigenvalue weighted by Crippen LogP contribution is -2.29. The smallest absolute Gasteiger partial charge is 0.409 e. The van der Waals surface area contributed by atoms with Gasteiger partial charge in [0.25, 0.3) is 0 Å². The Kier molecular flexibility index (Phi) is 5.47. The maximum atomic E-state index is 12.1. The van der Waals surface area contributed by atoms with E-state index in [1.165, 1.54) is 0 Å². The van der Waals surface area contributed by atoms with Crippen molar-refractivity contribution in [3.63, 3.8) is 0 Å². The van der Waals surface area contributed by atoms with Gasteiger partial charge in [-0.15, -0.1) is 0 Å². The van der Waals surface area contributed by atoms with Crippen molar-refractivity contribution < 1.29 is 9.53 Å². The van der Waals surface area contributed by atoms with E-state index in [1.807, 2.05) is 49.4 Å². The number of halogens is 2. The zero-order valence-corrected chi connectivity index (χ0v) is 15.2. The highest BCUT2D eigenvalue weighted by Gasteiger charge is 2.10. The van der Waals surface area contributed by atoms with Crippen LogP contribution in [0.2, 0.25) is 10.0 Å². The van der Waals surface area contributed by atoms with E-state index in [9.17, 15) is 4.79 Å². The molecule has 0 bridgehead atoms. The lowest BCUT2D eigenvalue weighted by atomic mass is 10.1. The van der Waals surface area contributed by atoms with Crippen molar-refractivity contribution in [2.24, 2.45) is 0 Å². The van der Waals surface area contributed by atoms with E-state index in [2.05, 4.69) is 5.32 Å². The fraction of sp³-hybridized carbons (Fsp3) is 0.150. The Labute approximate surface area is 156 Å². The van der Waals surface area contributed by atoms with Crippen molar-refractivity contribution in [2.75, 3.05) is 6.54 Å². The van der Waals surface area contributed by atoms with Gasteiger partial charge in [-0.05, 0) is 42.0 Å². The molecule has 0 spiro atoms. The van der Waals surface area contributed by atoms with E-state index in [-0.39, 0.29) is 0 Å². The number of aryl methyl sites for hydroxylation is 1. The highest BCUT2D eigenvalue weighted by molar-refractivity contribution is 6.42. The van der Waals surface area contributed by atoms with Crippen molar-refractivity contribution in [1.29, 1.82) is 0 Å². The minimum absolute atomic E-state index is 0.445. The Balaban J connectivity index is 1.63. The van der Waals surface area contributed by atoms with Crippen LogP contribution in [0.3, 0.4) is 0 Å². The summed E-state index contributed by atoms with van der Waals surface area (Å²) < 4.78 is 5.54. The van der Waals surface area contributed by atoms with E-state index in [4.69, 9.17) is 27.9 Å². The van der Waals surface area contributed by atoms with Crippen molar-refractivity contribution >= 4 is 40.1 Å². The highest BCUT2D eigenvalue weighted by atomic mass is 35.5. The molecule has 25 heavy (non-hydrogen) atoms. The first-order chi connectivity index (χ1) is 12.0. The fourth-order valence-electron chi connectivity index (χ4n) is 2.62. The molecule has 0 fully saturated rings. The van der Waals surface area contributed by atoms with E-state index in [0.29, 0.717) is 28.8 Å². The summed E-state index contributed by atoms with van der Waals surface area (Å²) >= 11 is 11.9. The van der Waals surface area contributed by atoms with E-state index >= 15 is 0 Å². The molecule has 5 heteroatoms. The molecule has 0 saturated heterocycles. The number of rotatable bonds is 4. The lowest BCUT2D eigenvalue weighted by Gasteiger charge is -2.12. The van der Waals surface area contributed by atoms with Crippen LogP contribution in [-0.2, 0) is 6.42 Å². The number of carbonyl (C=O) groups excluding carboxylic acids is 1. The molecular weight excluding hydrogens is 357 g/mol. The standard InChI is InChI=1S/C20H17Cl2NO2/c1-13-6-8-15-4-2-3-5-16(15)19(13)25-20(24)23-11-10-14-7-9-17(21)18(22)12-14/h2-9,12H,10-11H2,1H3,(H,23,24). The zero-order valence-electron chi connectivity index (χ0n) is 13.7. The summed E-state index contributed by atoms with van der Waals surface area (Å²) in [6.45, 7) is 2.37. The Morgan fingerprint density at radius 1 is 1.04 bits per heavy atom. The molecule has 0 heterocycles. The summed E-state index contributed by atoms with van der Waals surface area (Å²) in [5, 5.41) is 5.75. The van der Waals surface area contributed by atoms with Gasteiger partial charge in [0.1, 0.15) is 5.75 Å². The van der Waals surface area contributed by atoms with Crippen LogP contribution in [0.15, 0.2) is 54.6 Å². The van der Waals surface area contributed by atoms with Crippen LogP contribution in [0, 0.1) is 6.92 Å². The molecule has 0 aliphatic heterocycles. The van der Waals surface area contributed by atoms with Gasteiger partial charge in [-0.25, -0.2) is 4.79 Å². The summed E-state index contributed by atoms with van der Waals surface area (Å²) in [6.07, 6.45) is 0.167. The van der Waals surface area contributed by atoms with Crippen LogP contribution in [-0.4, -0.2) is 12.6 Å². The molecule has 0 atom stereocenters. The van der Waals surface area contributed by atoms with E-state index in [0.717, 1.165) is 21.9 Å². The van der Waals surface area contributed by atoms with Gasteiger partial charge in [0.05, 0.1) is 10.0 Å². The molecule has 3 rings (SSSR count). The molecule has 3 nitrogen and oxygen atoms in total. The topological polar surface area (TPSA) is 38.3 Å². The predicted octanol–water partition coefficient (Wildman–Crippen LogP) is 5.79. The number of carbonyl (C=O) groups is 1. The summed E-state index contributed by atoms with van der Waals surface area (Å²) in [7, 11) is 0. The molecule has 0 saturated carbocycles. The van der Waals surface area contributed by atoms with Crippen LogP contribution in [0.5, 0.6) is 5.75 Å². The number of hydrogen-bond donors (Lipinski definition) is 1. The quantitative estimate of drug-likeness (QED) is 0.628. The summed E-state index contributed by atoms with van der Waals surface area (Å²) in [6, 6.07) is 17.2. The number of amides is 1. The molecule has 0 aliphatic carbocycles. The van der Waals surface area contributed by atoms with Crippen molar-refractivity contribution in [3.05, 3.63) is 75.8 Å². The molecule has 3 aromatic carbocycles. The van der Waals surface area contributed by atoms with Gasteiger partial charge in [-0.3, -0.25) is 0 Å². The summed E-state index contributed by atoms with van der Waals surface area (Å²) in [4.78, 5) is 12.1. The van der Waals surface area contributed by atoms with E-state index < -0.39 is 6.09 Å². The third kappa shape index (κ3) is 4.25. The monoisotopic (exact) mass is 373 g/mol. The zero-order chi connectivity index (χ0) is 17.8. The second-order valence-corrected chi connectivity index (χ2v) is 6.56. The van der Waals surface area contributed by atoms with Crippen LogP contribution < -0.4 is 10.1 Å². The third-order valence-electron chi connectivity index (χ3n) is 3.94. The average Bonchev–Trinajstić information content (AvgIpc) is 2.60. The lowest BCUT2D eigenvalue weighted by molar-refractivity contribution is 0.201. The first-order valence-electron chi connectivity index (χ1n) is 7.92. The van der Waals surface area contributed by atoms with Gasteiger partial charge in [0.15, 0.2) is 0 Å². The molecule has 0 aliphatic rings. The Morgan fingerprint density at radius 2 is 1.84 bits per heavy atom. The minimum Gasteiger partial charge on any atom is -0.409 e. The normalized spacial score (nSPS) is 10.7. The van der Waals surface area contributed by atoms with Gasteiger partial charge in [0.2, 0.25) is 0 Å². The van der Waals surface area contributed by atoms with Crippen molar-refractivity contribution in [2.45, 2.75) is 13.3 Å². The van der Waals surface area contributed by atoms with Gasteiger partial charge in [0, 0.05) is 11.9 Å². The maximum Gasteiger partial charge on any atom is 0.412 e. The van der Waals surface area contributed by atoms with E-state index in [1.54, 1.807) is 12.1 Å². The number of ether oxygens (including phenoxy) is 1. The molecule has 3 aromatic rings. The van der Waals surface area contributed by atoms with Crippen LogP contribution in [0.25, 0.3) is 10.8 Å². The Hall–Kier alpha value is -2.23. The number of hydrogen-bond acceptors (Lipinski definition) is 2. The third-order valence-corrected chi connectivity index (χ3v) is 4.68. The predicted molar refractivity (Wildman–Crippen MR) is 103 cm³/mol. The molecular formula is C20H17Cl2NO2. The van der Waals surface area contributed by atoms with Crippen molar-refractivity contribution in [1.82, 2.24) is 5.32 Å². The summed E-state index contributed by atoms with van der Waals surface area (Å²) in [5.74, 6) is 0.588. The fourth-order valence-corrected chi connectivity index (χ4v) is 2.94. The minimum atomic E-state index is -0.473. The van der Waals surface area contributed by atoms with Crippen LogP contribution in [0.1, 0.15) is 11.1 Å². The second kappa shape index (κ2) is 7.77. The molecule has 0 unspecified atom stereocenters. The van der Waals surface area contributed by atoms with Crippen LogP contribution in [0.4, 0.5) is 4.79 Å². The number of nitrogens with one attached hydrogen (secondary N) is 1. The van der Waals surface area contributed by atoms with Gasteiger partial charge >= 0.3 is 6.09 Å². The molecule has 1 N–H and O–H groups in total. The second-order valence-electron chi connectivity index (χ2n) is 5.75. The largest absolute Gasteiger partial charge is 0.412 e. The maximum absolute atomic E-state index is 12.1. The van der Waals surface area contributed by atoms with Crippen molar-refractivity contribution in [3.8, 4) is 5.75 Å². The number of fused-ring (bicyclic) bond motifs is 1. The summed E-state index contributed by atoms with van der Waals surface area (Å²) in [5.41, 5.74) is 1.91. The molecule has 128 valence electrons. The van der Waals surface area contributed by atoms with Gasteiger partial charge in [-0.1, -0.05) is 65.7 Å². The average molecular weight is 374 g/mol. The molecule has 0 aromatic heterocycles.